The average molecular weight is 373 g/mol. The summed E-state index contributed by atoms with van der Waals surface area (Å²) < 4.78 is 0. The van der Waals surface area contributed by atoms with Crippen molar-refractivity contribution >= 4 is 17.5 Å². The number of nitrogens with zero attached hydrogens (tertiary/aromatic N) is 1. The van der Waals surface area contributed by atoms with Gasteiger partial charge in [0, 0.05) is 12.2 Å². The van der Waals surface area contributed by atoms with Crippen LogP contribution in [0.2, 0.25) is 0 Å². The highest BCUT2D eigenvalue weighted by atomic mass is 16.2. The van der Waals surface area contributed by atoms with Crippen LogP contribution in [-0.2, 0) is 6.54 Å². The third kappa shape index (κ3) is 4.62. The fraction of sp³-hybridized carbons (Fsp3) is 0.174. The molecule has 5 nitrogen and oxygen atoms in total. The number of hydrogen-bond donors (Lipinski definition) is 2. The zero-order valence-corrected chi connectivity index (χ0v) is 16.2. The number of hydrogen-bond acceptors (Lipinski definition) is 3. The Morgan fingerprint density at radius 2 is 1.50 bits per heavy atom. The van der Waals surface area contributed by atoms with Crippen LogP contribution in [0.25, 0.3) is 0 Å². The average Bonchev–Trinajstić information content (AvgIpc) is 2.70. The zero-order valence-electron chi connectivity index (χ0n) is 16.2. The van der Waals surface area contributed by atoms with Gasteiger partial charge in [0.1, 0.15) is 11.4 Å². The highest BCUT2D eigenvalue weighted by molar-refractivity contribution is 6.03. The number of benzene rings is 2. The van der Waals surface area contributed by atoms with Crippen molar-refractivity contribution in [3.8, 4) is 0 Å². The number of nitrogens with one attached hydrogen (secondary N) is 2. The molecule has 0 radical (unpaired) electrons. The fourth-order valence-electron chi connectivity index (χ4n) is 2.78. The lowest BCUT2D eigenvalue weighted by Crippen LogP contribution is -2.25. The van der Waals surface area contributed by atoms with E-state index in [2.05, 4.69) is 15.6 Å². The lowest BCUT2D eigenvalue weighted by molar-refractivity contribution is 0.0945. The van der Waals surface area contributed by atoms with Gasteiger partial charge < -0.3 is 10.6 Å². The van der Waals surface area contributed by atoms with Gasteiger partial charge in [-0.25, -0.2) is 4.98 Å². The molecule has 0 aliphatic rings. The summed E-state index contributed by atoms with van der Waals surface area (Å²) in [6.07, 6.45) is 0. The second kappa shape index (κ2) is 8.48. The van der Waals surface area contributed by atoms with Gasteiger partial charge in [-0.15, -0.1) is 0 Å². The molecule has 2 aromatic carbocycles. The van der Waals surface area contributed by atoms with E-state index in [1.165, 1.54) is 0 Å². The second-order valence-corrected chi connectivity index (χ2v) is 6.77. The number of anilines is 1. The third-order valence-electron chi connectivity index (χ3n) is 4.68. The molecule has 3 aromatic rings. The summed E-state index contributed by atoms with van der Waals surface area (Å²) in [4.78, 5) is 29.2. The van der Waals surface area contributed by atoms with Crippen molar-refractivity contribution in [3.05, 3.63) is 94.3 Å². The Labute approximate surface area is 164 Å². The van der Waals surface area contributed by atoms with Crippen LogP contribution in [0.15, 0.2) is 60.7 Å². The third-order valence-corrected chi connectivity index (χ3v) is 4.68. The van der Waals surface area contributed by atoms with Crippen molar-refractivity contribution < 1.29 is 9.59 Å². The maximum atomic E-state index is 12.5. The molecule has 142 valence electrons. The molecule has 2 amide bonds. The molecule has 0 aliphatic heterocycles. The molecule has 2 N–H and O–H groups in total. The summed E-state index contributed by atoms with van der Waals surface area (Å²) in [6, 6.07) is 18.4. The first kappa shape index (κ1) is 19.3. The Balaban J connectivity index is 1.68. The number of amides is 2. The number of aromatic nitrogens is 1. The van der Waals surface area contributed by atoms with E-state index in [4.69, 9.17) is 0 Å². The molecule has 1 heterocycles. The lowest BCUT2D eigenvalue weighted by atomic mass is 10.1. The van der Waals surface area contributed by atoms with Gasteiger partial charge in [0.2, 0.25) is 0 Å². The molecule has 0 spiro atoms. The summed E-state index contributed by atoms with van der Waals surface area (Å²) in [7, 11) is 0. The number of rotatable bonds is 5. The highest BCUT2D eigenvalue weighted by Crippen LogP contribution is 2.15. The monoisotopic (exact) mass is 373 g/mol. The Kier molecular flexibility index (Phi) is 5.84. The zero-order chi connectivity index (χ0) is 20.1. The largest absolute Gasteiger partial charge is 0.347 e. The van der Waals surface area contributed by atoms with Gasteiger partial charge >= 0.3 is 0 Å². The highest BCUT2D eigenvalue weighted by Gasteiger charge is 2.13. The minimum absolute atomic E-state index is 0.196. The molecular formula is C23H23N3O2. The maximum Gasteiger partial charge on any atom is 0.274 e. The van der Waals surface area contributed by atoms with Crippen molar-refractivity contribution in [3.63, 3.8) is 0 Å². The topological polar surface area (TPSA) is 71.1 Å². The van der Waals surface area contributed by atoms with E-state index in [0.717, 1.165) is 22.3 Å². The number of carbonyl (C=O) groups excluding carboxylic acids is 2. The van der Waals surface area contributed by atoms with Crippen molar-refractivity contribution in [2.75, 3.05) is 5.32 Å². The van der Waals surface area contributed by atoms with Crippen LogP contribution in [0.5, 0.6) is 0 Å². The number of pyridine rings is 1. The predicted molar refractivity (Wildman–Crippen MR) is 110 cm³/mol. The first-order valence-corrected chi connectivity index (χ1v) is 9.12. The summed E-state index contributed by atoms with van der Waals surface area (Å²) in [6.45, 7) is 6.41. The van der Waals surface area contributed by atoms with Gasteiger partial charge in [-0.2, -0.15) is 0 Å². The molecule has 0 fully saturated rings. The van der Waals surface area contributed by atoms with Crippen LogP contribution in [0.3, 0.4) is 0 Å². The number of aryl methyl sites for hydroxylation is 3. The van der Waals surface area contributed by atoms with E-state index >= 15 is 0 Å². The molecule has 0 atom stereocenters. The van der Waals surface area contributed by atoms with Gasteiger partial charge in [-0.1, -0.05) is 36.4 Å². The van der Waals surface area contributed by atoms with Gasteiger partial charge in [0.05, 0.1) is 0 Å². The first-order chi connectivity index (χ1) is 13.4. The van der Waals surface area contributed by atoms with Crippen LogP contribution < -0.4 is 10.6 Å². The summed E-state index contributed by atoms with van der Waals surface area (Å²) >= 11 is 0. The first-order valence-electron chi connectivity index (χ1n) is 9.12. The van der Waals surface area contributed by atoms with E-state index in [9.17, 15) is 9.59 Å². The van der Waals surface area contributed by atoms with E-state index in [1.807, 2.05) is 63.2 Å². The van der Waals surface area contributed by atoms with Crippen LogP contribution in [0.1, 0.15) is 43.2 Å². The van der Waals surface area contributed by atoms with Crippen molar-refractivity contribution in [2.24, 2.45) is 0 Å². The number of carbonyl (C=O) groups is 2. The molecule has 0 saturated carbocycles. The van der Waals surface area contributed by atoms with Crippen LogP contribution in [0.4, 0.5) is 5.69 Å². The molecule has 3 rings (SSSR count). The lowest BCUT2D eigenvalue weighted by Gasteiger charge is -2.09. The summed E-state index contributed by atoms with van der Waals surface area (Å²) in [5.41, 5.74) is 5.50. The van der Waals surface area contributed by atoms with Gasteiger partial charge in [-0.3, -0.25) is 9.59 Å². The fourth-order valence-corrected chi connectivity index (χ4v) is 2.78. The second-order valence-electron chi connectivity index (χ2n) is 6.77. The van der Waals surface area contributed by atoms with Crippen molar-refractivity contribution in [1.82, 2.24) is 10.3 Å². The van der Waals surface area contributed by atoms with Crippen molar-refractivity contribution in [1.29, 1.82) is 0 Å². The van der Waals surface area contributed by atoms with Crippen LogP contribution >= 0.6 is 0 Å². The van der Waals surface area contributed by atoms with Crippen LogP contribution in [0, 0.1) is 20.8 Å². The SMILES string of the molecule is Cc1ccc(NC(=O)c2cccc(C(=O)NCc3ccccc3C)n2)cc1C. The standard InChI is InChI=1S/C23H23N3O2/c1-15-11-12-19(13-17(15)3)25-23(28)21-10-6-9-20(26-21)22(27)24-14-18-8-5-4-7-16(18)2/h4-13H,14H2,1-3H3,(H,24,27)(H,25,28). The molecule has 0 saturated heterocycles. The molecule has 0 aliphatic carbocycles. The van der Waals surface area contributed by atoms with Gasteiger partial charge in [-0.05, 0) is 67.3 Å². The summed E-state index contributed by atoms with van der Waals surface area (Å²) in [5, 5.41) is 5.68. The smallest absolute Gasteiger partial charge is 0.274 e. The summed E-state index contributed by atoms with van der Waals surface area (Å²) in [5.74, 6) is -0.666. The van der Waals surface area contributed by atoms with E-state index in [1.54, 1.807) is 18.2 Å². The van der Waals surface area contributed by atoms with Gasteiger partial charge in [0.25, 0.3) is 11.8 Å². The minimum Gasteiger partial charge on any atom is -0.347 e. The maximum absolute atomic E-state index is 12.5. The van der Waals surface area contributed by atoms with E-state index in [0.29, 0.717) is 12.2 Å². The Bertz CT molecular complexity index is 1030. The quantitative estimate of drug-likeness (QED) is 0.704. The Hall–Kier alpha value is -3.47. The molecule has 0 unspecified atom stereocenters. The minimum atomic E-state index is -0.350. The van der Waals surface area contributed by atoms with E-state index in [-0.39, 0.29) is 23.2 Å². The molecular weight excluding hydrogens is 350 g/mol. The molecule has 1 aromatic heterocycles. The predicted octanol–water partition coefficient (Wildman–Crippen LogP) is 4.19. The normalized spacial score (nSPS) is 10.4. The van der Waals surface area contributed by atoms with Crippen LogP contribution in [-0.4, -0.2) is 16.8 Å². The molecule has 28 heavy (non-hydrogen) atoms. The van der Waals surface area contributed by atoms with Gasteiger partial charge in [0.15, 0.2) is 0 Å². The Morgan fingerprint density at radius 3 is 2.21 bits per heavy atom. The molecule has 5 heteroatoms. The molecule has 0 bridgehead atoms. The Morgan fingerprint density at radius 1 is 0.786 bits per heavy atom. The van der Waals surface area contributed by atoms with E-state index < -0.39 is 0 Å². The van der Waals surface area contributed by atoms with Crippen molar-refractivity contribution in [2.45, 2.75) is 27.3 Å².